The predicted octanol–water partition coefficient (Wildman–Crippen LogP) is 3.44. The molecule has 0 unspecified atom stereocenters. The summed E-state index contributed by atoms with van der Waals surface area (Å²) in [5.74, 6) is 0. The Morgan fingerprint density at radius 3 is 2.58 bits per heavy atom. The minimum atomic E-state index is 0.150. The van der Waals surface area contributed by atoms with Crippen molar-refractivity contribution < 1.29 is 0 Å². The number of thioether (sulfide) groups is 1. The lowest BCUT2D eigenvalue weighted by molar-refractivity contribution is 0.778. The molecule has 0 atom stereocenters. The Bertz CT molecular complexity index is 273. The molecule has 0 aromatic carbocycles. The minimum Gasteiger partial charge on any atom is -0.263 e. The van der Waals surface area contributed by atoms with Crippen LogP contribution in [0.3, 0.4) is 0 Å². The van der Waals surface area contributed by atoms with Gasteiger partial charge in [-0.15, -0.1) is 0 Å². The molecule has 3 heteroatoms. The van der Waals surface area contributed by atoms with Crippen molar-refractivity contribution >= 4 is 27.7 Å². The summed E-state index contributed by atoms with van der Waals surface area (Å²) in [6.45, 7) is 4.39. The van der Waals surface area contributed by atoms with Gasteiger partial charge in [0.25, 0.3) is 0 Å². The molecule has 12 heavy (non-hydrogen) atoms. The molecular formula is C9H12BrNS. The van der Waals surface area contributed by atoms with Crippen LogP contribution in [0.25, 0.3) is 0 Å². The van der Waals surface area contributed by atoms with Crippen molar-refractivity contribution in [2.45, 2.75) is 18.6 Å². The van der Waals surface area contributed by atoms with Crippen LogP contribution in [0.5, 0.6) is 0 Å². The molecule has 0 aliphatic heterocycles. The molecule has 0 saturated carbocycles. The summed E-state index contributed by atoms with van der Waals surface area (Å²) in [5, 5.41) is 0. The fourth-order valence-corrected chi connectivity index (χ4v) is 1.57. The molecule has 0 saturated heterocycles. The quantitative estimate of drug-likeness (QED) is 0.792. The van der Waals surface area contributed by atoms with E-state index in [4.69, 9.17) is 0 Å². The highest BCUT2D eigenvalue weighted by molar-refractivity contribution is 9.10. The van der Waals surface area contributed by atoms with Gasteiger partial charge in [-0.1, -0.05) is 0 Å². The molecule has 0 spiro atoms. The van der Waals surface area contributed by atoms with Crippen LogP contribution in [0, 0.1) is 0 Å². The van der Waals surface area contributed by atoms with Crippen molar-refractivity contribution in [2.75, 3.05) is 6.26 Å². The Kier molecular flexibility index (Phi) is 3.18. The van der Waals surface area contributed by atoms with Crippen LogP contribution in [-0.4, -0.2) is 11.2 Å². The topological polar surface area (TPSA) is 12.9 Å². The second kappa shape index (κ2) is 3.79. The summed E-state index contributed by atoms with van der Waals surface area (Å²) in [4.78, 5) is 4.14. The summed E-state index contributed by atoms with van der Waals surface area (Å²) in [5.41, 5.74) is 1.25. The van der Waals surface area contributed by atoms with Gasteiger partial charge in [0.15, 0.2) is 0 Å². The van der Waals surface area contributed by atoms with E-state index in [2.05, 4.69) is 47.1 Å². The number of hydrogen-bond donors (Lipinski definition) is 0. The normalized spacial score (nSPS) is 11.7. The smallest absolute Gasteiger partial charge is 0.0410 e. The molecule has 1 aromatic rings. The standard InChI is InChI=1S/C9H12BrNS/c1-9(2,12-3)7-4-8(10)6-11-5-7/h4-6H,1-3H3. The first kappa shape index (κ1) is 10.1. The largest absolute Gasteiger partial charge is 0.263 e. The van der Waals surface area contributed by atoms with Gasteiger partial charge in [0.2, 0.25) is 0 Å². The van der Waals surface area contributed by atoms with Crippen LogP contribution in [0.4, 0.5) is 0 Å². The van der Waals surface area contributed by atoms with E-state index in [-0.39, 0.29) is 4.75 Å². The summed E-state index contributed by atoms with van der Waals surface area (Å²) >= 11 is 5.24. The molecule has 1 aromatic heterocycles. The third-order valence-electron chi connectivity index (χ3n) is 1.91. The maximum absolute atomic E-state index is 4.14. The minimum absolute atomic E-state index is 0.150. The van der Waals surface area contributed by atoms with Crippen molar-refractivity contribution in [3.63, 3.8) is 0 Å². The van der Waals surface area contributed by atoms with E-state index >= 15 is 0 Å². The van der Waals surface area contributed by atoms with Crippen molar-refractivity contribution in [3.05, 3.63) is 28.5 Å². The van der Waals surface area contributed by atoms with E-state index in [0.29, 0.717) is 0 Å². The highest BCUT2D eigenvalue weighted by atomic mass is 79.9. The molecule has 0 radical (unpaired) electrons. The van der Waals surface area contributed by atoms with Crippen LogP contribution >= 0.6 is 27.7 Å². The van der Waals surface area contributed by atoms with E-state index in [0.717, 1.165) is 4.47 Å². The fourth-order valence-electron chi connectivity index (χ4n) is 0.859. The maximum Gasteiger partial charge on any atom is 0.0410 e. The molecule has 0 fully saturated rings. The Morgan fingerprint density at radius 2 is 2.08 bits per heavy atom. The predicted molar refractivity (Wildman–Crippen MR) is 58.5 cm³/mol. The molecule has 0 aliphatic carbocycles. The van der Waals surface area contributed by atoms with Crippen molar-refractivity contribution in [2.24, 2.45) is 0 Å². The zero-order valence-electron chi connectivity index (χ0n) is 7.47. The molecule has 0 aliphatic rings. The first-order valence-corrected chi connectivity index (χ1v) is 5.74. The molecule has 0 amide bonds. The van der Waals surface area contributed by atoms with Gasteiger partial charge >= 0.3 is 0 Å². The van der Waals surface area contributed by atoms with Gasteiger partial charge in [0.1, 0.15) is 0 Å². The molecule has 66 valence electrons. The van der Waals surface area contributed by atoms with E-state index < -0.39 is 0 Å². The Hall–Kier alpha value is -0.0200. The highest BCUT2D eigenvalue weighted by Crippen LogP contribution is 2.33. The van der Waals surface area contributed by atoms with Gasteiger partial charge in [-0.25, -0.2) is 0 Å². The summed E-state index contributed by atoms with van der Waals surface area (Å²) in [6.07, 6.45) is 5.84. The van der Waals surface area contributed by atoms with Crippen LogP contribution in [0.15, 0.2) is 22.9 Å². The first-order valence-electron chi connectivity index (χ1n) is 3.72. The highest BCUT2D eigenvalue weighted by Gasteiger charge is 2.18. The zero-order valence-corrected chi connectivity index (χ0v) is 9.87. The molecule has 0 N–H and O–H groups in total. The maximum atomic E-state index is 4.14. The number of rotatable bonds is 2. The second-order valence-electron chi connectivity index (χ2n) is 3.11. The van der Waals surface area contributed by atoms with E-state index in [9.17, 15) is 0 Å². The molecule has 1 heterocycles. The first-order chi connectivity index (χ1) is 5.56. The van der Waals surface area contributed by atoms with E-state index in [1.807, 2.05) is 18.0 Å². The SMILES string of the molecule is CSC(C)(C)c1cncc(Br)c1. The summed E-state index contributed by atoms with van der Waals surface area (Å²) in [6, 6.07) is 2.11. The van der Waals surface area contributed by atoms with Crippen molar-refractivity contribution in [3.8, 4) is 0 Å². The van der Waals surface area contributed by atoms with Gasteiger partial charge < -0.3 is 0 Å². The van der Waals surface area contributed by atoms with Crippen molar-refractivity contribution in [1.82, 2.24) is 4.98 Å². The van der Waals surface area contributed by atoms with E-state index in [1.165, 1.54) is 5.56 Å². The number of aromatic nitrogens is 1. The van der Waals surface area contributed by atoms with Gasteiger partial charge in [-0.2, -0.15) is 11.8 Å². The number of halogens is 1. The van der Waals surface area contributed by atoms with Gasteiger partial charge in [-0.05, 0) is 47.7 Å². The average Bonchev–Trinajstić information content (AvgIpc) is 2.05. The van der Waals surface area contributed by atoms with Gasteiger partial charge in [0.05, 0.1) is 0 Å². The summed E-state index contributed by atoms with van der Waals surface area (Å²) < 4.78 is 1.19. The van der Waals surface area contributed by atoms with Gasteiger partial charge in [-0.3, -0.25) is 4.98 Å². The Labute approximate surface area is 86.1 Å². The Balaban J connectivity index is 3.03. The zero-order chi connectivity index (χ0) is 9.19. The molecule has 1 nitrogen and oxygen atoms in total. The van der Waals surface area contributed by atoms with Crippen molar-refractivity contribution in [1.29, 1.82) is 0 Å². The molecule has 0 bridgehead atoms. The van der Waals surface area contributed by atoms with Crippen LogP contribution < -0.4 is 0 Å². The van der Waals surface area contributed by atoms with Gasteiger partial charge in [0, 0.05) is 21.6 Å². The Morgan fingerprint density at radius 1 is 1.42 bits per heavy atom. The molecule has 1 rings (SSSR count). The van der Waals surface area contributed by atoms with Crippen LogP contribution in [0.2, 0.25) is 0 Å². The fraction of sp³-hybridized carbons (Fsp3) is 0.444. The van der Waals surface area contributed by atoms with E-state index in [1.54, 1.807) is 6.20 Å². The van der Waals surface area contributed by atoms with Crippen LogP contribution in [0.1, 0.15) is 19.4 Å². The lowest BCUT2D eigenvalue weighted by atomic mass is 10.1. The molecular weight excluding hydrogens is 234 g/mol. The second-order valence-corrected chi connectivity index (χ2v) is 5.45. The monoisotopic (exact) mass is 245 g/mol. The third kappa shape index (κ3) is 2.23. The average molecular weight is 246 g/mol. The summed E-state index contributed by atoms with van der Waals surface area (Å²) in [7, 11) is 0. The number of nitrogens with zero attached hydrogens (tertiary/aromatic N) is 1. The number of pyridine rings is 1. The lowest BCUT2D eigenvalue weighted by Crippen LogP contribution is -2.11. The number of hydrogen-bond acceptors (Lipinski definition) is 2. The third-order valence-corrected chi connectivity index (χ3v) is 3.60. The van der Waals surface area contributed by atoms with Crippen LogP contribution in [-0.2, 0) is 4.75 Å². The lowest BCUT2D eigenvalue weighted by Gasteiger charge is -2.21.